The van der Waals surface area contributed by atoms with Gasteiger partial charge in [-0.15, -0.1) is 0 Å². The van der Waals surface area contributed by atoms with Crippen LogP contribution in [0.25, 0.3) is 0 Å². The first kappa shape index (κ1) is 13.5. The van der Waals surface area contributed by atoms with E-state index in [-0.39, 0.29) is 0 Å². The molecule has 4 nitrogen and oxygen atoms in total. The summed E-state index contributed by atoms with van der Waals surface area (Å²) in [4.78, 5) is 22.5. The molecule has 1 aromatic carbocycles. The van der Waals surface area contributed by atoms with Gasteiger partial charge in [0.15, 0.2) is 0 Å². The van der Waals surface area contributed by atoms with Crippen LogP contribution >= 0.6 is 11.6 Å². The highest BCUT2D eigenvalue weighted by Crippen LogP contribution is 2.16. The van der Waals surface area contributed by atoms with E-state index in [4.69, 9.17) is 16.7 Å². The highest BCUT2D eigenvalue weighted by Gasteiger charge is 2.18. The summed E-state index contributed by atoms with van der Waals surface area (Å²) in [5, 5.41) is 11.7. The lowest BCUT2D eigenvalue weighted by Crippen LogP contribution is -2.40. The lowest BCUT2D eigenvalue weighted by molar-refractivity contribution is -0.139. The molecule has 0 aliphatic carbocycles. The molecule has 0 saturated carbocycles. The third kappa shape index (κ3) is 3.46. The zero-order chi connectivity index (χ0) is 13.0. The molecular weight excluding hydrogens is 242 g/mol. The van der Waals surface area contributed by atoms with Gasteiger partial charge in [-0.3, -0.25) is 4.79 Å². The Morgan fingerprint density at radius 2 is 2.12 bits per heavy atom. The van der Waals surface area contributed by atoms with E-state index in [2.05, 4.69) is 5.32 Å². The van der Waals surface area contributed by atoms with Gasteiger partial charge in [0.05, 0.1) is 0 Å². The van der Waals surface area contributed by atoms with E-state index in [0.29, 0.717) is 17.0 Å². The minimum atomic E-state index is -1.04. The molecule has 1 atom stereocenters. The van der Waals surface area contributed by atoms with E-state index in [1.165, 1.54) is 6.07 Å². The van der Waals surface area contributed by atoms with Crippen molar-refractivity contribution in [3.63, 3.8) is 0 Å². The van der Waals surface area contributed by atoms with E-state index >= 15 is 0 Å². The zero-order valence-electron chi connectivity index (χ0n) is 9.66. The van der Waals surface area contributed by atoms with Gasteiger partial charge in [0, 0.05) is 10.6 Å². The number of hydrogen-bond acceptors (Lipinski definition) is 2. The maximum atomic E-state index is 11.7. The summed E-state index contributed by atoms with van der Waals surface area (Å²) in [7, 11) is 0. The number of carboxylic acid groups (broad SMARTS) is 1. The Hall–Kier alpha value is -1.55. The van der Waals surface area contributed by atoms with Crippen molar-refractivity contribution in [2.45, 2.75) is 26.3 Å². The number of nitrogens with one attached hydrogen (secondary N) is 1. The fourth-order valence-electron chi connectivity index (χ4n) is 1.31. The molecule has 0 unspecified atom stereocenters. The van der Waals surface area contributed by atoms with Crippen molar-refractivity contribution < 1.29 is 14.7 Å². The number of rotatable bonds is 4. The quantitative estimate of drug-likeness (QED) is 0.867. The molecule has 0 aliphatic heterocycles. The van der Waals surface area contributed by atoms with E-state index in [1.54, 1.807) is 19.1 Å². The topological polar surface area (TPSA) is 66.4 Å². The second-order valence-electron chi connectivity index (χ2n) is 3.74. The van der Waals surface area contributed by atoms with Crippen LogP contribution in [0.2, 0.25) is 5.02 Å². The number of carbonyl (C=O) groups excluding carboxylic acids is 1. The van der Waals surface area contributed by atoms with Gasteiger partial charge in [0.1, 0.15) is 6.04 Å². The van der Waals surface area contributed by atoms with Crippen LogP contribution in [0.1, 0.15) is 29.3 Å². The minimum absolute atomic E-state index is 0.334. The van der Waals surface area contributed by atoms with Crippen molar-refractivity contribution in [1.82, 2.24) is 5.32 Å². The Kier molecular flexibility index (Phi) is 4.52. The zero-order valence-corrected chi connectivity index (χ0v) is 10.4. The summed E-state index contributed by atoms with van der Waals surface area (Å²) < 4.78 is 0. The molecule has 1 rings (SSSR count). The molecular formula is C12H14ClNO3. The Bertz CT molecular complexity index is 445. The van der Waals surface area contributed by atoms with Crippen LogP contribution in [0.15, 0.2) is 18.2 Å². The van der Waals surface area contributed by atoms with Gasteiger partial charge in [-0.25, -0.2) is 4.79 Å². The smallest absolute Gasteiger partial charge is 0.326 e. The Morgan fingerprint density at radius 1 is 1.47 bits per heavy atom. The predicted octanol–water partition coefficient (Wildman–Crippen LogP) is 2.24. The minimum Gasteiger partial charge on any atom is -0.480 e. The lowest BCUT2D eigenvalue weighted by Gasteiger charge is -2.12. The molecule has 0 spiro atoms. The first-order chi connectivity index (χ1) is 7.95. The number of carbonyl (C=O) groups is 2. The number of carboxylic acids is 1. The van der Waals surface area contributed by atoms with Crippen LogP contribution in [-0.2, 0) is 4.79 Å². The van der Waals surface area contributed by atoms with Crippen LogP contribution < -0.4 is 5.32 Å². The number of amides is 1. The van der Waals surface area contributed by atoms with E-state index in [1.807, 2.05) is 6.92 Å². The summed E-state index contributed by atoms with van der Waals surface area (Å²) in [6.07, 6.45) is 0.334. The first-order valence-electron chi connectivity index (χ1n) is 5.25. The van der Waals surface area contributed by atoms with Crippen LogP contribution in [-0.4, -0.2) is 23.0 Å². The number of hydrogen-bond donors (Lipinski definition) is 2. The normalized spacial score (nSPS) is 11.9. The first-order valence-corrected chi connectivity index (χ1v) is 5.63. The van der Waals surface area contributed by atoms with Crippen molar-refractivity contribution >= 4 is 23.5 Å². The van der Waals surface area contributed by atoms with Gasteiger partial charge in [0.25, 0.3) is 5.91 Å². The van der Waals surface area contributed by atoms with Gasteiger partial charge >= 0.3 is 5.97 Å². The number of benzene rings is 1. The summed E-state index contributed by atoms with van der Waals surface area (Å²) in [5.41, 5.74) is 1.23. The number of aryl methyl sites for hydroxylation is 1. The van der Waals surface area contributed by atoms with Crippen molar-refractivity contribution in [2.75, 3.05) is 0 Å². The van der Waals surface area contributed by atoms with Crippen LogP contribution in [0.5, 0.6) is 0 Å². The number of halogens is 1. The van der Waals surface area contributed by atoms with Crippen LogP contribution in [0.4, 0.5) is 0 Å². The maximum absolute atomic E-state index is 11.7. The summed E-state index contributed by atoms with van der Waals surface area (Å²) in [6, 6.07) is 3.99. The molecule has 2 N–H and O–H groups in total. The average Bonchev–Trinajstić information content (AvgIpc) is 2.28. The maximum Gasteiger partial charge on any atom is 0.326 e. The third-order valence-electron chi connectivity index (χ3n) is 2.45. The van der Waals surface area contributed by atoms with Gasteiger partial charge < -0.3 is 10.4 Å². The summed E-state index contributed by atoms with van der Waals surface area (Å²) in [5.74, 6) is -1.47. The molecule has 0 saturated heterocycles. The molecule has 0 bridgehead atoms. The molecule has 1 amide bonds. The predicted molar refractivity (Wildman–Crippen MR) is 65.4 cm³/mol. The van der Waals surface area contributed by atoms with Gasteiger partial charge in [0.2, 0.25) is 0 Å². The number of aliphatic carboxylic acids is 1. The second kappa shape index (κ2) is 5.68. The van der Waals surface area contributed by atoms with E-state index in [0.717, 1.165) is 5.56 Å². The highest BCUT2D eigenvalue weighted by atomic mass is 35.5. The Balaban J connectivity index is 2.82. The van der Waals surface area contributed by atoms with Gasteiger partial charge in [-0.1, -0.05) is 24.6 Å². The third-order valence-corrected chi connectivity index (χ3v) is 2.85. The van der Waals surface area contributed by atoms with Gasteiger partial charge in [-0.05, 0) is 31.0 Å². The average molecular weight is 256 g/mol. The molecule has 0 aliphatic rings. The summed E-state index contributed by atoms with van der Waals surface area (Å²) in [6.45, 7) is 3.53. The fraction of sp³-hybridized carbons (Fsp3) is 0.333. The molecule has 0 heterocycles. The monoisotopic (exact) mass is 255 g/mol. The van der Waals surface area contributed by atoms with Crippen molar-refractivity contribution in [3.8, 4) is 0 Å². The Labute approximate surface area is 105 Å². The Morgan fingerprint density at radius 3 is 2.59 bits per heavy atom. The molecule has 92 valence electrons. The standard InChI is InChI=1S/C12H14ClNO3/c1-3-10(12(16)17)14-11(15)8-5-4-7(2)9(13)6-8/h4-6,10H,3H2,1-2H3,(H,14,15)(H,16,17)/t10-/m0/s1. The van der Waals surface area contributed by atoms with Gasteiger partial charge in [-0.2, -0.15) is 0 Å². The van der Waals surface area contributed by atoms with E-state index < -0.39 is 17.9 Å². The summed E-state index contributed by atoms with van der Waals surface area (Å²) >= 11 is 5.89. The van der Waals surface area contributed by atoms with Crippen LogP contribution in [0, 0.1) is 6.92 Å². The molecule has 17 heavy (non-hydrogen) atoms. The largest absolute Gasteiger partial charge is 0.480 e. The fourth-order valence-corrected chi connectivity index (χ4v) is 1.49. The lowest BCUT2D eigenvalue weighted by atomic mass is 10.1. The molecule has 1 aromatic rings. The second-order valence-corrected chi connectivity index (χ2v) is 4.14. The molecule has 0 fully saturated rings. The van der Waals surface area contributed by atoms with Crippen molar-refractivity contribution in [3.05, 3.63) is 34.3 Å². The van der Waals surface area contributed by atoms with E-state index in [9.17, 15) is 9.59 Å². The van der Waals surface area contributed by atoms with Crippen LogP contribution in [0.3, 0.4) is 0 Å². The SMILES string of the molecule is CC[C@H](NC(=O)c1ccc(C)c(Cl)c1)C(=O)O. The molecule has 0 aromatic heterocycles. The molecule has 0 radical (unpaired) electrons. The van der Waals surface area contributed by atoms with Crippen molar-refractivity contribution in [1.29, 1.82) is 0 Å². The highest BCUT2D eigenvalue weighted by molar-refractivity contribution is 6.31. The molecule has 5 heteroatoms. The van der Waals surface area contributed by atoms with Crippen molar-refractivity contribution in [2.24, 2.45) is 0 Å².